The third-order valence-electron chi connectivity index (χ3n) is 3.31. The third-order valence-corrected chi connectivity index (χ3v) is 3.55. The Bertz CT molecular complexity index is 392. The molecular formula is C13H19ClFN3. The molecule has 1 fully saturated rings. The highest BCUT2D eigenvalue weighted by Gasteiger charge is 2.17. The van der Waals surface area contributed by atoms with Crippen LogP contribution in [0.2, 0.25) is 5.02 Å². The van der Waals surface area contributed by atoms with Gasteiger partial charge in [0.15, 0.2) is 0 Å². The fraction of sp³-hybridized carbons (Fsp3) is 0.538. The van der Waals surface area contributed by atoms with Crippen LogP contribution in [0.1, 0.15) is 5.56 Å². The SMILES string of the molecule is NCCN1CCN(Cc2cc(Cl)ccc2F)CC1. The predicted molar refractivity (Wildman–Crippen MR) is 72.2 cm³/mol. The van der Waals surface area contributed by atoms with Gasteiger partial charge in [-0.1, -0.05) is 11.6 Å². The van der Waals surface area contributed by atoms with Crippen LogP contribution in [0.3, 0.4) is 0 Å². The van der Waals surface area contributed by atoms with Crippen LogP contribution in [0.5, 0.6) is 0 Å². The van der Waals surface area contributed by atoms with Crippen LogP contribution < -0.4 is 5.73 Å². The lowest BCUT2D eigenvalue weighted by Crippen LogP contribution is -2.47. The Kier molecular flexibility index (Phi) is 4.95. The van der Waals surface area contributed by atoms with Crippen LogP contribution in [0.4, 0.5) is 4.39 Å². The highest BCUT2D eigenvalue weighted by Crippen LogP contribution is 2.17. The van der Waals surface area contributed by atoms with E-state index in [9.17, 15) is 4.39 Å². The standard InChI is InChI=1S/C13H19ClFN3/c14-12-1-2-13(15)11(9-12)10-18-7-5-17(4-3-16)6-8-18/h1-2,9H,3-8,10,16H2. The molecule has 18 heavy (non-hydrogen) atoms. The smallest absolute Gasteiger partial charge is 0.127 e. The van der Waals surface area contributed by atoms with Crippen molar-refractivity contribution in [3.8, 4) is 0 Å². The first-order chi connectivity index (χ1) is 8.69. The van der Waals surface area contributed by atoms with Crippen molar-refractivity contribution < 1.29 is 4.39 Å². The van der Waals surface area contributed by atoms with Crippen LogP contribution in [-0.4, -0.2) is 49.1 Å². The summed E-state index contributed by atoms with van der Waals surface area (Å²) >= 11 is 5.89. The number of piperazine rings is 1. The number of hydrogen-bond donors (Lipinski definition) is 1. The predicted octanol–water partition coefficient (Wildman–Crippen LogP) is 1.56. The fourth-order valence-corrected chi connectivity index (χ4v) is 2.45. The maximum absolute atomic E-state index is 13.6. The Hall–Kier alpha value is -0.680. The van der Waals surface area contributed by atoms with E-state index in [1.165, 1.54) is 6.07 Å². The van der Waals surface area contributed by atoms with E-state index in [-0.39, 0.29) is 5.82 Å². The first-order valence-electron chi connectivity index (χ1n) is 6.28. The van der Waals surface area contributed by atoms with E-state index in [1.54, 1.807) is 12.1 Å². The van der Waals surface area contributed by atoms with Crippen LogP contribution in [-0.2, 0) is 6.54 Å². The molecule has 0 atom stereocenters. The molecule has 0 bridgehead atoms. The first-order valence-corrected chi connectivity index (χ1v) is 6.65. The number of nitrogens with two attached hydrogens (primary N) is 1. The van der Waals surface area contributed by atoms with Crippen LogP contribution in [0.15, 0.2) is 18.2 Å². The molecule has 0 unspecified atom stereocenters. The molecule has 0 amide bonds. The van der Waals surface area contributed by atoms with Crippen molar-refractivity contribution in [3.05, 3.63) is 34.6 Å². The third kappa shape index (κ3) is 3.65. The maximum atomic E-state index is 13.6. The quantitative estimate of drug-likeness (QED) is 0.902. The van der Waals surface area contributed by atoms with Gasteiger partial charge in [0.25, 0.3) is 0 Å². The van der Waals surface area contributed by atoms with Gasteiger partial charge in [-0.3, -0.25) is 9.80 Å². The molecule has 1 heterocycles. The van der Waals surface area contributed by atoms with Crippen LogP contribution >= 0.6 is 11.6 Å². The average Bonchev–Trinajstić information content (AvgIpc) is 2.37. The molecule has 0 aliphatic carbocycles. The number of nitrogens with zero attached hydrogens (tertiary/aromatic N) is 2. The second-order valence-electron chi connectivity index (χ2n) is 4.64. The Morgan fingerprint density at radius 2 is 1.83 bits per heavy atom. The molecule has 3 nitrogen and oxygen atoms in total. The van der Waals surface area contributed by atoms with Gasteiger partial charge in [0, 0.05) is 56.4 Å². The Morgan fingerprint density at radius 3 is 2.50 bits per heavy atom. The summed E-state index contributed by atoms with van der Waals surface area (Å²) in [6, 6.07) is 4.73. The summed E-state index contributed by atoms with van der Waals surface area (Å²) in [5.74, 6) is -0.177. The molecule has 1 saturated heterocycles. The second-order valence-corrected chi connectivity index (χ2v) is 5.08. The van der Waals surface area contributed by atoms with Gasteiger partial charge in [0.05, 0.1) is 0 Å². The fourth-order valence-electron chi connectivity index (χ4n) is 2.26. The van der Waals surface area contributed by atoms with Gasteiger partial charge in [-0.2, -0.15) is 0 Å². The van der Waals surface area contributed by atoms with Crippen molar-refractivity contribution in [2.24, 2.45) is 5.73 Å². The summed E-state index contributed by atoms with van der Waals surface area (Å²) in [6.45, 7) is 6.17. The second kappa shape index (κ2) is 6.48. The Balaban J connectivity index is 1.89. The maximum Gasteiger partial charge on any atom is 0.127 e. The summed E-state index contributed by atoms with van der Waals surface area (Å²) in [5, 5.41) is 0.591. The van der Waals surface area contributed by atoms with E-state index < -0.39 is 0 Å². The molecule has 1 aromatic carbocycles. The van der Waals surface area contributed by atoms with E-state index in [2.05, 4.69) is 9.80 Å². The molecule has 1 aliphatic rings. The van der Waals surface area contributed by atoms with E-state index >= 15 is 0 Å². The van der Waals surface area contributed by atoms with Gasteiger partial charge in [-0.25, -0.2) is 4.39 Å². The van der Waals surface area contributed by atoms with Gasteiger partial charge in [-0.15, -0.1) is 0 Å². The summed E-state index contributed by atoms with van der Waals surface area (Å²) < 4.78 is 13.6. The van der Waals surface area contributed by atoms with Crippen molar-refractivity contribution >= 4 is 11.6 Å². The molecule has 1 aromatic rings. The number of benzene rings is 1. The summed E-state index contributed by atoms with van der Waals surface area (Å²) in [6.07, 6.45) is 0. The lowest BCUT2D eigenvalue weighted by Gasteiger charge is -2.34. The van der Waals surface area contributed by atoms with E-state index in [0.717, 1.165) is 32.7 Å². The summed E-state index contributed by atoms with van der Waals surface area (Å²) in [5.41, 5.74) is 6.21. The molecule has 2 rings (SSSR count). The minimum atomic E-state index is -0.177. The van der Waals surface area contributed by atoms with Crippen molar-refractivity contribution in [2.75, 3.05) is 39.3 Å². The molecule has 0 saturated carbocycles. The highest BCUT2D eigenvalue weighted by atomic mass is 35.5. The number of rotatable bonds is 4. The normalized spacial score (nSPS) is 18.2. The Morgan fingerprint density at radius 1 is 1.17 bits per heavy atom. The first kappa shape index (κ1) is 13.7. The zero-order valence-corrected chi connectivity index (χ0v) is 11.2. The zero-order valence-electron chi connectivity index (χ0n) is 10.4. The van der Waals surface area contributed by atoms with Crippen molar-refractivity contribution in [2.45, 2.75) is 6.54 Å². The molecular weight excluding hydrogens is 253 g/mol. The van der Waals surface area contributed by atoms with Gasteiger partial charge in [0.2, 0.25) is 0 Å². The molecule has 2 N–H and O–H groups in total. The molecule has 5 heteroatoms. The highest BCUT2D eigenvalue weighted by molar-refractivity contribution is 6.30. The van der Waals surface area contributed by atoms with E-state index in [4.69, 9.17) is 17.3 Å². The lowest BCUT2D eigenvalue weighted by molar-refractivity contribution is 0.129. The monoisotopic (exact) mass is 271 g/mol. The lowest BCUT2D eigenvalue weighted by atomic mass is 10.2. The van der Waals surface area contributed by atoms with Crippen molar-refractivity contribution in [1.29, 1.82) is 0 Å². The van der Waals surface area contributed by atoms with Crippen molar-refractivity contribution in [3.63, 3.8) is 0 Å². The largest absolute Gasteiger partial charge is 0.329 e. The topological polar surface area (TPSA) is 32.5 Å². The van der Waals surface area contributed by atoms with Gasteiger partial charge >= 0.3 is 0 Å². The summed E-state index contributed by atoms with van der Waals surface area (Å²) in [4.78, 5) is 4.59. The zero-order chi connectivity index (χ0) is 13.0. The average molecular weight is 272 g/mol. The summed E-state index contributed by atoms with van der Waals surface area (Å²) in [7, 11) is 0. The number of halogens is 2. The molecule has 100 valence electrons. The van der Waals surface area contributed by atoms with E-state index in [1.807, 2.05) is 0 Å². The van der Waals surface area contributed by atoms with Gasteiger partial charge < -0.3 is 5.73 Å². The minimum Gasteiger partial charge on any atom is -0.329 e. The van der Waals surface area contributed by atoms with Crippen molar-refractivity contribution in [1.82, 2.24) is 9.80 Å². The molecule has 1 aliphatic heterocycles. The van der Waals surface area contributed by atoms with E-state index in [0.29, 0.717) is 23.7 Å². The Labute approximate surface area is 112 Å². The van der Waals surface area contributed by atoms with Gasteiger partial charge in [-0.05, 0) is 18.2 Å². The van der Waals surface area contributed by atoms with Gasteiger partial charge in [0.1, 0.15) is 5.82 Å². The molecule has 0 radical (unpaired) electrons. The van der Waals surface area contributed by atoms with Crippen LogP contribution in [0.25, 0.3) is 0 Å². The molecule has 0 aromatic heterocycles. The minimum absolute atomic E-state index is 0.177. The molecule has 0 spiro atoms. The van der Waals surface area contributed by atoms with Crippen LogP contribution in [0, 0.1) is 5.82 Å². The number of hydrogen-bond acceptors (Lipinski definition) is 3.